The van der Waals surface area contributed by atoms with Gasteiger partial charge in [0, 0.05) is 7.05 Å². The Hall–Kier alpha value is -1.11. The van der Waals surface area contributed by atoms with Crippen LogP contribution < -0.4 is 10.2 Å². The molecule has 0 unspecified atom stereocenters. The van der Waals surface area contributed by atoms with Gasteiger partial charge in [-0.2, -0.15) is 0 Å². The van der Waals surface area contributed by atoms with Crippen LogP contribution in [0.1, 0.15) is 5.56 Å². The van der Waals surface area contributed by atoms with E-state index in [0.717, 1.165) is 11.8 Å². The lowest BCUT2D eigenvalue weighted by Gasteiger charge is -2.16. The van der Waals surface area contributed by atoms with Gasteiger partial charge in [-0.15, -0.1) is 0 Å². The van der Waals surface area contributed by atoms with E-state index in [2.05, 4.69) is 4.84 Å². The van der Waals surface area contributed by atoms with Crippen molar-refractivity contribution in [3.8, 4) is 0 Å². The number of rotatable bonds is 4. The molecule has 84 valence electrons. The molecule has 0 saturated carbocycles. The number of hydrogen-bond donors (Lipinski definition) is 1. The van der Waals surface area contributed by atoms with Gasteiger partial charge in [0.15, 0.2) is 0 Å². The fourth-order valence-electron chi connectivity index (χ4n) is 1.09. The smallest absolute Gasteiger partial charge is 0.231 e. The fraction of sp³-hybridized carbons (Fsp3) is 0.333. The quantitative estimate of drug-likeness (QED) is 0.763. The number of anilines is 1. The maximum Gasteiger partial charge on any atom is 0.231 e. The Labute approximate surface area is 89.5 Å². The molecular weight excluding hydrogens is 216 g/mol. The average Bonchev–Trinajstić information content (AvgIpc) is 2.17. The molecule has 0 amide bonds. The van der Waals surface area contributed by atoms with Crippen LogP contribution >= 0.6 is 0 Å². The molecular formula is C9H14N2O3S. The first kappa shape index (κ1) is 12.0. The molecule has 5 nitrogen and oxygen atoms in total. The summed E-state index contributed by atoms with van der Waals surface area (Å²) in [6.45, 7) is 0.308. The van der Waals surface area contributed by atoms with E-state index in [-0.39, 0.29) is 0 Å². The van der Waals surface area contributed by atoms with Crippen LogP contribution in [0.15, 0.2) is 24.3 Å². The number of nitrogens with zero attached hydrogens (tertiary/aromatic N) is 1. The topological polar surface area (TPSA) is 72.6 Å². The number of sulfonamides is 1. The second-order valence-electron chi connectivity index (χ2n) is 3.21. The summed E-state index contributed by atoms with van der Waals surface area (Å²) in [6, 6.07) is 6.94. The third-order valence-electron chi connectivity index (χ3n) is 2.05. The minimum Gasteiger partial charge on any atom is -0.300 e. The second kappa shape index (κ2) is 4.61. The summed E-state index contributed by atoms with van der Waals surface area (Å²) in [5.41, 5.74) is 1.50. The van der Waals surface area contributed by atoms with Gasteiger partial charge in [-0.05, 0) is 17.7 Å². The van der Waals surface area contributed by atoms with E-state index >= 15 is 0 Å². The lowest BCUT2D eigenvalue weighted by Crippen LogP contribution is -2.24. The van der Waals surface area contributed by atoms with Crippen LogP contribution in [-0.2, 0) is 21.5 Å². The van der Waals surface area contributed by atoms with E-state index < -0.39 is 10.0 Å². The van der Waals surface area contributed by atoms with Gasteiger partial charge in [-0.25, -0.2) is 14.3 Å². The van der Waals surface area contributed by atoms with E-state index in [0.29, 0.717) is 12.3 Å². The third kappa shape index (κ3) is 3.19. The molecule has 0 fully saturated rings. The summed E-state index contributed by atoms with van der Waals surface area (Å²) >= 11 is 0. The molecule has 0 spiro atoms. The molecule has 0 aromatic heterocycles. The van der Waals surface area contributed by atoms with Crippen molar-refractivity contribution in [2.45, 2.75) is 6.61 Å². The van der Waals surface area contributed by atoms with E-state index in [9.17, 15) is 8.42 Å². The highest BCUT2D eigenvalue weighted by Crippen LogP contribution is 2.16. The zero-order valence-electron chi connectivity index (χ0n) is 8.67. The molecule has 0 saturated heterocycles. The molecule has 1 rings (SSSR count). The van der Waals surface area contributed by atoms with Crippen molar-refractivity contribution in [1.82, 2.24) is 0 Å². The molecule has 6 heteroatoms. The molecule has 0 heterocycles. The van der Waals surface area contributed by atoms with Gasteiger partial charge in [0.25, 0.3) is 0 Å². The Kier molecular flexibility index (Phi) is 3.67. The van der Waals surface area contributed by atoms with Crippen LogP contribution in [0.2, 0.25) is 0 Å². The van der Waals surface area contributed by atoms with Crippen LogP contribution in [0.25, 0.3) is 0 Å². The SMILES string of the molecule is CN(c1ccc(CON)cc1)S(C)(=O)=O. The summed E-state index contributed by atoms with van der Waals surface area (Å²) in [4.78, 5) is 4.46. The summed E-state index contributed by atoms with van der Waals surface area (Å²) in [6.07, 6.45) is 1.16. The molecule has 2 N–H and O–H groups in total. The monoisotopic (exact) mass is 230 g/mol. The first-order valence-corrected chi connectivity index (χ1v) is 6.14. The van der Waals surface area contributed by atoms with Gasteiger partial charge in [0.05, 0.1) is 18.6 Å². The van der Waals surface area contributed by atoms with Crippen LogP contribution in [0.5, 0.6) is 0 Å². The molecule has 15 heavy (non-hydrogen) atoms. The van der Waals surface area contributed by atoms with Crippen molar-refractivity contribution in [3.05, 3.63) is 29.8 Å². The van der Waals surface area contributed by atoms with Crippen LogP contribution in [-0.4, -0.2) is 21.7 Å². The first-order chi connectivity index (χ1) is 6.95. The Morgan fingerprint density at radius 2 is 1.87 bits per heavy atom. The van der Waals surface area contributed by atoms with Crippen molar-refractivity contribution in [2.75, 3.05) is 17.6 Å². The van der Waals surface area contributed by atoms with Gasteiger partial charge in [-0.1, -0.05) is 12.1 Å². The minimum atomic E-state index is -3.20. The van der Waals surface area contributed by atoms with Crippen LogP contribution in [0, 0.1) is 0 Å². The van der Waals surface area contributed by atoms with Gasteiger partial charge in [0.2, 0.25) is 10.0 Å². The largest absolute Gasteiger partial charge is 0.300 e. The number of benzene rings is 1. The van der Waals surface area contributed by atoms with E-state index in [1.807, 2.05) is 0 Å². The van der Waals surface area contributed by atoms with E-state index in [1.165, 1.54) is 11.4 Å². The van der Waals surface area contributed by atoms with Gasteiger partial charge in [0.1, 0.15) is 0 Å². The molecule has 0 aliphatic heterocycles. The number of nitrogens with two attached hydrogens (primary N) is 1. The summed E-state index contributed by atoms with van der Waals surface area (Å²) in [7, 11) is -1.70. The molecule has 0 radical (unpaired) electrons. The van der Waals surface area contributed by atoms with Gasteiger partial charge >= 0.3 is 0 Å². The molecule has 0 aliphatic carbocycles. The van der Waals surface area contributed by atoms with Crippen molar-refractivity contribution in [3.63, 3.8) is 0 Å². The Morgan fingerprint density at radius 3 is 2.27 bits per heavy atom. The Bertz CT molecular complexity index is 413. The maximum absolute atomic E-state index is 11.2. The second-order valence-corrected chi connectivity index (χ2v) is 5.22. The maximum atomic E-state index is 11.2. The highest BCUT2D eigenvalue weighted by Gasteiger charge is 2.10. The standard InChI is InChI=1S/C9H14N2O3S/c1-11(15(2,12)13)9-5-3-8(4-6-9)7-14-10/h3-6H,7,10H2,1-2H3. The van der Waals surface area contributed by atoms with Crippen molar-refractivity contribution >= 4 is 15.7 Å². The predicted octanol–water partition coefficient (Wildman–Crippen LogP) is 0.473. The highest BCUT2D eigenvalue weighted by atomic mass is 32.2. The highest BCUT2D eigenvalue weighted by molar-refractivity contribution is 7.92. The van der Waals surface area contributed by atoms with Crippen molar-refractivity contribution < 1.29 is 13.3 Å². The zero-order valence-corrected chi connectivity index (χ0v) is 9.49. The normalized spacial score (nSPS) is 11.4. The van der Waals surface area contributed by atoms with Gasteiger partial charge in [-0.3, -0.25) is 9.14 Å². The lowest BCUT2D eigenvalue weighted by molar-refractivity contribution is 0.124. The van der Waals surface area contributed by atoms with Gasteiger partial charge < -0.3 is 0 Å². The third-order valence-corrected chi connectivity index (χ3v) is 3.25. The number of hydrogen-bond acceptors (Lipinski definition) is 4. The average molecular weight is 230 g/mol. The van der Waals surface area contributed by atoms with Crippen molar-refractivity contribution in [1.29, 1.82) is 0 Å². The Morgan fingerprint density at radius 1 is 1.33 bits per heavy atom. The van der Waals surface area contributed by atoms with E-state index in [4.69, 9.17) is 5.90 Å². The lowest BCUT2D eigenvalue weighted by atomic mass is 10.2. The van der Waals surface area contributed by atoms with Crippen molar-refractivity contribution in [2.24, 2.45) is 5.90 Å². The fourth-order valence-corrected chi connectivity index (χ4v) is 1.59. The Balaban J connectivity index is 2.89. The molecule has 1 aromatic carbocycles. The zero-order chi connectivity index (χ0) is 11.5. The summed E-state index contributed by atoms with van der Waals surface area (Å²) < 4.78 is 23.7. The molecule has 0 bridgehead atoms. The summed E-state index contributed by atoms with van der Waals surface area (Å²) in [5, 5.41) is 0. The molecule has 1 aromatic rings. The minimum absolute atomic E-state index is 0.308. The predicted molar refractivity (Wildman–Crippen MR) is 58.7 cm³/mol. The molecule has 0 atom stereocenters. The van der Waals surface area contributed by atoms with E-state index in [1.54, 1.807) is 24.3 Å². The molecule has 0 aliphatic rings. The van der Waals surface area contributed by atoms with Crippen LogP contribution in [0.4, 0.5) is 5.69 Å². The van der Waals surface area contributed by atoms with Crippen LogP contribution in [0.3, 0.4) is 0 Å². The first-order valence-electron chi connectivity index (χ1n) is 4.29. The summed E-state index contributed by atoms with van der Waals surface area (Å²) in [5.74, 6) is 4.92.